The van der Waals surface area contributed by atoms with Crippen LogP contribution in [0.2, 0.25) is 0 Å². The molecule has 2 heterocycles. The number of benzene rings is 1. The monoisotopic (exact) mass is 260 g/mol. The Morgan fingerprint density at radius 1 is 1.37 bits per heavy atom. The first kappa shape index (κ1) is 11.1. The molecule has 0 aliphatic carbocycles. The largest absolute Gasteiger partial charge is 0.351 e. The van der Waals surface area contributed by atoms with Gasteiger partial charge in [0.05, 0.1) is 22.5 Å². The molecule has 0 saturated heterocycles. The van der Waals surface area contributed by atoms with Crippen LogP contribution in [0.25, 0.3) is 11.0 Å². The van der Waals surface area contributed by atoms with E-state index in [0.717, 1.165) is 5.69 Å². The van der Waals surface area contributed by atoms with Crippen molar-refractivity contribution in [1.82, 2.24) is 20.1 Å². The van der Waals surface area contributed by atoms with Gasteiger partial charge in [0.1, 0.15) is 0 Å². The molecule has 0 fully saturated rings. The fourth-order valence-corrected chi connectivity index (χ4v) is 1.74. The smallest absolute Gasteiger partial charge is 0.300 e. The molecule has 1 aromatic carbocycles. The lowest BCUT2D eigenvalue weighted by Crippen LogP contribution is -1.94. The van der Waals surface area contributed by atoms with Crippen molar-refractivity contribution in [2.24, 2.45) is 7.05 Å². The minimum Gasteiger partial charge on any atom is -0.351 e. The maximum atomic E-state index is 10.8. The van der Waals surface area contributed by atoms with Crippen molar-refractivity contribution in [2.45, 2.75) is 0 Å². The molecule has 1 N–H and O–H groups in total. The first-order valence-electron chi connectivity index (χ1n) is 5.30. The SMILES string of the molecule is Cn1cc(Nc2ccc([N+](=O)[O-])c3nonc23)cn1. The van der Waals surface area contributed by atoms with Crippen LogP contribution in [0.4, 0.5) is 17.1 Å². The van der Waals surface area contributed by atoms with Gasteiger partial charge in [0.25, 0.3) is 0 Å². The van der Waals surface area contributed by atoms with Gasteiger partial charge < -0.3 is 5.32 Å². The highest BCUT2D eigenvalue weighted by atomic mass is 16.6. The van der Waals surface area contributed by atoms with Gasteiger partial charge in [0.15, 0.2) is 5.52 Å². The van der Waals surface area contributed by atoms with Crippen LogP contribution in [-0.4, -0.2) is 25.0 Å². The first-order chi connectivity index (χ1) is 9.15. The molecule has 0 unspecified atom stereocenters. The van der Waals surface area contributed by atoms with Gasteiger partial charge in [-0.25, -0.2) is 4.63 Å². The number of nitrogens with one attached hydrogen (secondary N) is 1. The molecule has 0 radical (unpaired) electrons. The molecule has 3 aromatic rings. The minimum atomic E-state index is -0.527. The van der Waals surface area contributed by atoms with Crippen molar-refractivity contribution < 1.29 is 9.55 Å². The summed E-state index contributed by atoms with van der Waals surface area (Å²) in [7, 11) is 1.79. The molecule has 2 aromatic heterocycles. The van der Waals surface area contributed by atoms with Crippen LogP contribution in [0, 0.1) is 10.1 Å². The summed E-state index contributed by atoms with van der Waals surface area (Å²) in [6.45, 7) is 0. The number of nitrogens with zero attached hydrogens (tertiary/aromatic N) is 5. The standard InChI is InChI=1S/C10H8N6O3/c1-15-5-6(4-11-15)12-7-2-3-8(16(17)18)10-9(7)13-19-14-10/h2-5,12H,1H3. The number of hydrogen-bond acceptors (Lipinski definition) is 7. The van der Waals surface area contributed by atoms with E-state index in [0.29, 0.717) is 11.2 Å². The lowest BCUT2D eigenvalue weighted by molar-refractivity contribution is -0.383. The van der Waals surface area contributed by atoms with Crippen LogP contribution in [0.3, 0.4) is 0 Å². The van der Waals surface area contributed by atoms with Gasteiger partial charge in [-0.2, -0.15) is 5.10 Å². The molecule has 0 bridgehead atoms. The van der Waals surface area contributed by atoms with E-state index in [1.165, 1.54) is 6.07 Å². The normalized spacial score (nSPS) is 10.8. The fraction of sp³-hybridized carbons (Fsp3) is 0.100. The van der Waals surface area contributed by atoms with E-state index in [2.05, 4.69) is 25.4 Å². The summed E-state index contributed by atoms with van der Waals surface area (Å²) in [5.41, 5.74) is 1.57. The van der Waals surface area contributed by atoms with Gasteiger partial charge in [-0.3, -0.25) is 14.8 Å². The summed E-state index contributed by atoms with van der Waals surface area (Å²) in [5.74, 6) is 0. The molecule has 0 saturated carbocycles. The summed E-state index contributed by atoms with van der Waals surface area (Å²) in [4.78, 5) is 10.3. The predicted octanol–water partition coefficient (Wildman–Crippen LogP) is 1.61. The molecule has 19 heavy (non-hydrogen) atoms. The quantitative estimate of drug-likeness (QED) is 0.562. The summed E-state index contributed by atoms with van der Waals surface area (Å²) >= 11 is 0. The summed E-state index contributed by atoms with van der Waals surface area (Å²) in [6, 6.07) is 2.91. The van der Waals surface area contributed by atoms with Gasteiger partial charge in [-0.1, -0.05) is 0 Å². The maximum Gasteiger partial charge on any atom is 0.300 e. The van der Waals surface area contributed by atoms with Crippen molar-refractivity contribution in [3.63, 3.8) is 0 Å². The zero-order chi connectivity index (χ0) is 13.4. The van der Waals surface area contributed by atoms with E-state index < -0.39 is 4.92 Å². The van der Waals surface area contributed by atoms with E-state index in [-0.39, 0.29) is 11.2 Å². The Labute approximate surface area is 105 Å². The van der Waals surface area contributed by atoms with Crippen LogP contribution in [0.1, 0.15) is 0 Å². The zero-order valence-electron chi connectivity index (χ0n) is 9.77. The summed E-state index contributed by atoms with van der Waals surface area (Å²) < 4.78 is 6.20. The summed E-state index contributed by atoms with van der Waals surface area (Å²) in [6.07, 6.45) is 3.39. The van der Waals surface area contributed by atoms with Crippen molar-refractivity contribution in [2.75, 3.05) is 5.32 Å². The van der Waals surface area contributed by atoms with Gasteiger partial charge in [-0.05, 0) is 16.4 Å². The highest BCUT2D eigenvalue weighted by molar-refractivity contribution is 5.94. The zero-order valence-corrected chi connectivity index (χ0v) is 9.77. The molecule has 9 nitrogen and oxygen atoms in total. The first-order valence-corrected chi connectivity index (χ1v) is 5.30. The minimum absolute atomic E-state index is 0.110. The highest BCUT2D eigenvalue weighted by Gasteiger charge is 2.19. The number of aromatic nitrogens is 4. The van der Waals surface area contributed by atoms with Gasteiger partial charge in [0, 0.05) is 19.3 Å². The molecule has 0 spiro atoms. The molecule has 96 valence electrons. The van der Waals surface area contributed by atoms with Gasteiger partial charge >= 0.3 is 5.69 Å². The Balaban J connectivity index is 2.08. The van der Waals surface area contributed by atoms with E-state index in [1.807, 2.05) is 0 Å². The number of nitro benzene ring substituents is 1. The highest BCUT2D eigenvalue weighted by Crippen LogP contribution is 2.30. The number of aryl methyl sites for hydroxylation is 1. The van der Waals surface area contributed by atoms with Crippen molar-refractivity contribution in [3.8, 4) is 0 Å². The molecule has 0 atom stereocenters. The molecule has 0 aliphatic rings. The number of anilines is 2. The number of fused-ring (bicyclic) bond motifs is 1. The Morgan fingerprint density at radius 2 is 2.16 bits per heavy atom. The fourth-order valence-electron chi connectivity index (χ4n) is 1.74. The Hall–Kier alpha value is -2.97. The second-order valence-electron chi connectivity index (χ2n) is 3.88. The number of non-ortho nitro benzene ring substituents is 1. The molecular formula is C10H8N6O3. The van der Waals surface area contributed by atoms with Gasteiger partial charge in [-0.15, -0.1) is 0 Å². The van der Waals surface area contributed by atoms with Crippen LogP contribution < -0.4 is 5.32 Å². The summed E-state index contributed by atoms with van der Waals surface area (Å²) in [5, 5.41) is 25.2. The van der Waals surface area contributed by atoms with E-state index in [9.17, 15) is 10.1 Å². The molecule has 0 aliphatic heterocycles. The van der Waals surface area contributed by atoms with Crippen LogP contribution in [0.15, 0.2) is 29.2 Å². The average molecular weight is 260 g/mol. The molecule has 0 amide bonds. The van der Waals surface area contributed by atoms with Crippen molar-refractivity contribution >= 4 is 28.1 Å². The number of nitro groups is 1. The Bertz CT molecular complexity index is 762. The van der Waals surface area contributed by atoms with Gasteiger partial charge in [0.2, 0.25) is 5.52 Å². The Kier molecular flexibility index (Phi) is 2.37. The third-order valence-electron chi connectivity index (χ3n) is 2.57. The molecule has 3 rings (SSSR count). The maximum absolute atomic E-state index is 10.8. The third-order valence-corrected chi connectivity index (χ3v) is 2.57. The number of rotatable bonds is 3. The average Bonchev–Trinajstić information content (AvgIpc) is 2.98. The van der Waals surface area contributed by atoms with Crippen molar-refractivity contribution in [1.29, 1.82) is 0 Å². The lowest BCUT2D eigenvalue weighted by Gasteiger charge is -2.02. The lowest BCUT2D eigenvalue weighted by atomic mass is 10.2. The van der Waals surface area contributed by atoms with E-state index in [4.69, 9.17) is 0 Å². The topological polar surface area (TPSA) is 112 Å². The second-order valence-corrected chi connectivity index (χ2v) is 3.88. The van der Waals surface area contributed by atoms with Crippen LogP contribution in [0.5, 0.6) is 0 Å². The molecular weight excluding hydrogens is 252 g/mol. The third kappa shape index (κ3) is 1.86. The van der Waals surface area contributed by atoms with Crippen LogP contribution >= 0.6 is 0 Å². The van der Waals surface area contributed by atoms with Crippen molar-refractivity contribution in [3.05, 3.63) is 34.6 Å². The number of hydrogen-bond donors (Lipinski definition) is 1. The predicted molar refractivity (Wildman–Crippen MR) is 64.9 cm³/mol. The van der Waals surface area contributed by atoms with E-state index >= 15 is 0 Å². The van der Waals surface area contributed by atoms with Crippen LogP contribution in [-0.2, 0) is 7.05 Å². The Morgan fingerprint density at radius 3 is 2.84 bits per heavy atom. The second kappa shape index (κ2) is 4.05. The molecule has 9 heteroatoms. The van der Waals surface area contributed by atoms with E-state index in [1.54, 1.807) is 30.2 Å².